The van der Waals surface area contributed by atoms with E-state index in [0.29, 0.717) is 0 Å². The topological polar surface area (TPSA) is 37.8 Å². The van der Waals surface area contributed by atoms with Gasteiger partial charge in [0.15, 0.2) is 5.82 Å². The van der Waals surface area contributed by atoms with E-state index in [1.54, 1.807) is 0 Å². The van der Waals surface area contributed by atoms with Crippen molar-refractivity contribution in [3.05, 3.63) is 41.5 Å². The molecule has 0 aliphatic heterocycles. The van der Waals surface area contributed by atoms with Crippen LogP contribution in [-0.4, -0.2) is 17.2 Å². The summed E-state index contributed by atoms with van der Waals surface area (Å²) in [7, 11) is 1.86. The Morgan fingerprint density at radius 2 is 1.63 bits per heavy atom. The molecule has 1 N–H and O–H groups in total. The minimum absolute atomic E-state index is 0.177. The molecular weight excluding hydrogens is 234 g/mol. The fraction of sp³-hybridized carbons (Fsp3) is 0.375. The average molecular weight is 255 g/mol. The summed E-state index contributed by atoms with van der Waals surface area (Å²) in [6.45, 7) is 8.68. The molecule has 1 heterocycles. The second kappa shape index (κ2) is 5.00. The Labute approximate surface area is 115 Å². The molecule has 0 bridgehead atoms. The molecule has 0 amide bonds. The molecule has 19 heavy (non-hydrogen) atoms. The maximum atomic E-state index is 4.26. The summed E-state index contributed by atoms with van der Waals surface area (Å²) in [5.74, 6) is 0.829. The molecule has 0 fully saturated rings. The summed E-state index contributed by atoms with van der Waals surface area (Å²) < 4.78 is 0. The molecule has 1 aromatic carbocycles. The second-order valence-corrected chi connectivity index (χ2v) is 5.84. The van der Waals surface area contributed by atoms with E-state index in [1.807, 2.05) is 14.0 Å². The predicted molar refractivity (Wildman–Crippen MR) is 80.5 cm³/mol. The van der Waals surface area contributed by atoms with Crippen LogP contribution in [0.4, 0.5) is 5.82 Å². The molecule has 2 rings (SSSR count). The van der Waals surface area contributed by atoms with Gasteiger partial charge in [-0.25, -0.2) is 0 Å². The van der Waals surface area contributed by atoms with Gasteiger partial charge in [-0.15, -0.1) is 10.2 Å². The van der Waals surface area contributed by atoms with E-state index in [4.69, 9.17) is 0 Å². The van der Waals surface area contributed by atoms with E-state index in [2.05, 4.69) is 66.6 Å². The highest BCUT2D eigenvalue weighted by Gasteiger charge is 2.13. The first-order valence-corrected chi connectivity index (χ1v) is 6.55. The minimum Gasteiger partial charge on any atom is -0.371 e. The van der Waals surface area contributed by atoms with Crippen LogP contribution in [0.2, 0.25) is 0 Å². The summed E-state index contributed by atoms with van der Waals surface area (Å²) in [5.41, 5.74) is 4.62. The Bertz CT molecular complexity index is 566. The minimum atomic E-state index is 0.177. The smallest absolute Gasteiger partial charge is 0.151 e. The van der Waals surface area contributed by atoms with Crippen LogP contribution in [0.25, 0.3) is 11.3 Å². The number of benzene rings is 1. The molecule has 100 valence electrons. The number of hydrogen-bond acceptors (Lipinski definition) is 3. The maximum absolute atomic E-state index is 4.26. The lowest BCUT2D eigenvalue weighted by Crippen LogP contribution is -2.10. The van der Waals surface area contributed by atoms with Gasteiger partial charge < -0.3 is 5.32 Å². The highest BCUT2D eigenvalue weighted by atomic mass is 15.2. The first kappa shape index (κ1) is 13.5. The molecule has 1 aromatic heterocycles. The van der Waals surface area contributed by atoms with Gasteiger partial charge in [0, 0.05) is 12.6 Å². The summed E-state index contributed by atoms with van der Waals surface area (Å²) in [6.07, 6.45) is 0. The largest absolute Gasteiger partial charge is 0.371 e. The Hall–Kier alpha value is -1.90. The zero-order chi connectivity index (χ0) is 14.0. The van der Waals surface area contributed by atoms with Gasteiger partial charge in [0.05, 0.1) is 5.69 Å². The van der Waals surface area contributed by atoms with Gasteiger partial charge in [-0.2, -0.15) is 0 Å². The second-order valence-electron chi connectivity index (χ2n) is 5.84. The monoisotopic (exact) mass is 255 g/mol. The highest BCUT2D eigenvalue weighted by Crippen LogP contribution is 2.26. The Morgan fingerprint density at radius 3 is 2.11 bits per heavy atom. The number of anilines is 1. The normalized spacial score (nSPS) is 11.4. The third-order valence-electron chi connectivity index (χ3n) is 3.27. The Balaban J connectivity index is 2.35. The highest BCUT2D eigenvalue weighted by molar-refractivity contribution is 5.62. The lowest BCUT2D eigenvalue weighted by atomic mass is 9.86. The summed E-state index contributed by atoms with van der Waals surface area (Å²) in [6, 6.07) is 10.6. The maximum Gasteiger partial charge on any atom is 0.151 e. The number of hydrogen-bond donors (Lipinski definition) is 1. The number of rotatable bonds is 2. The number of nitrogens with one attached hydrogen (secondary N) is 1. The van der Waals surface area contributed by atoms with Crippen LogP contribution in [0, 0.1) is 6.92 Å². The van der Waals surface area contributed by atoms with E-state index in [1.165, 1.54) is 5.56 Å². The lowest BCUT2D eigenvalue weighted by Gasteiger charge is -2.19. The standard InChI is InChI=1S/C16H21N3/c1-11-10-14(18-19-15(11)17-5)12-6-8-13(9-7-12)16(2,3)4/h6-10H,1-5H3,(H,17,19). The zero-order valence-corrected chi connectivity index (χ0v) is 12.3. The molecule has 2 aromatic rings. The van der Waals surface area contributed by atoms with Crippen molar-refractivity contribution < 1.29 is 0 Å². The molecule has 0 aliphatic rings. The molecule has 0 aliphatic carbocycles. The Kier molecular flexibility index (Phi) is 3.56. The molecule has 0 spiro atoms. The molecule has 0 radical (unpaired) electrons. The number of nitrogens with zero attached hydrogens (tertiary/aromatic N) is 2. The first-order valence-electron chi connectivity index (χ1n) is 6.55. The van der Waals surface area contributed by atoms with Gasteiger partial charge in [-0.1, -0.05) is 45.0 Å². The van der Waals surface area contributed by atoms with Crippen LogP contribution in [0.3, 0.4) is 0 Å². The van der Waals surface area contributed by atoms with Crippen LogP contribution in [0.5, 0.6) is 0 Å². The fourth-order valence-corrected chi connectivity index (χ4v) is 2.01. The van der Waals surface area contributed by atoms with E-state index in [0.717, 1.165) is 22.6 Å². The van der Waals surface area contributed by atoms with Crippen molar-refractivity contribution in [3.63, 3.8) is 0 Å². The van der Waals surface area contributed by atoms with Crippen LogP contribution in [0.15, 0.2) is 30.3 Å². The predicted octanol–water partition coefficient (Wildman–Crippen LogP) is 3.79. The fourth-order valence-electron chi connectivity index (χ4n) is 2.01. The molecule has 0 unspecified atom stereocenters. The van der Waals surface area contributed by atoms with Gasteiger partial charge in [-0.05, 0) is 29.5 Å². The third kappa shape index (κ3) is 2.92. The summed E-state index contributed by atoms with van der Waals surface area (Å²) >= 11 is 0. The van der Waals surface area contributed by atoms with Crippen molar-refractivity contribution in [1.82, 2.24) is 10.2 Å². The van der Waals surface area contributed by atoms with Gasteiger partial charge in [0.1, 0.15) is 0 Å². The SMILES string of the molecule is CNc1nnc(-c2ccc(C(C)(C)C)cc2)cc1C. The van der Waals surface area contributed by atoms with Crippen molar-refractivity contribution in [3.8, 4) is 11.3 Å². The van der Waals surface area contributed by atoms with Gasteiger partial charge in [0.25, 0.3) is 0 Å². The van der Waals surface area contributed by atoms with Crippen LogP contribution in [0.1, 0.15) is 31.9 Å². The Morgan fingerprint density at radius 1 is 1.00 bits per heavy atom. The van der Waals surface area contributed by atoms with Crippen LogP contribution < -0.4 is 5.32 Å². The van der Waals surface area contributed by atoms with E-state index < -0.39 is 0 Å². The van der Waals surface area contributed by atoms with E-state index in [-0.39, 0.29) is 5.41 Å². The molecular formula is C16H21N3. The lowest BCUT2D eigenvalue weighted by molar-refractivity contribution is 0.590. The van der Waals surface area contributed by atoms with Gasteiger partial charge in [0.2, 0.25) is 0 Å². The van der Waals surface area contributed by atoms with Crippen molar-refractivity contribution >= 4 is 5.82 Å². The molecule has 0 atom stereocenters. The molecule has 0 saturated heterocycles. The first-order chi connectivity index (χ1) is 8.91. The van der Waals surface area contributed by atoms with Crippen LogP contribution in [-0.2, 0) is 5.41 Å². The van der Waals surface area contributed by atoms with Crippen LogP contribution >= 0.6 is 0 Å². The number of aryl methyl sites for hydroxylation is 1. The summed E-state index contributed by atoms with van der Waals surface area (Å²) in [4.78, 5) is 0. The van der Waals surface area contributed by atoms with Gasteiger partial charge in [-0.3, -0.25) is 0 Å². The van der Waals surface area contributed by atoms with Crippen molar-refractivity contribution in [2.24, 2.45) is 0 Å². The van der Waals surface area contributed by atoms with Crippen molar-refractivity contribution in [2.45, 2.75) is 33.1 Å². The summed E-state index contributed by atoms with van der Waals surface area (Å²) in [5, 5.41) is 11.5. The van der Waals surface area contributed by atoms with Crippen molar-refractivity contribution in [1.29, 1.82) is 0 Å². The van der Waals surface area contributed by atoms with Crippen molar-refractivity contribution in [2.75, 3.05) is 12.4 Å². The van der Waals surface area contributed by atoms with E-state index >= 15 is 0 Å². The average Bonchev–Trinajstić information content (AvgIpc) is 2.38. The third-order valence-corrected chi connectivity index (χ3v) is 3.27. The molecule has 3 nitrogen and oxygen atoms in total. The zero-order valence-electron chi connectivity index (χ0n) is 12.3. The van der Waals surface area contributed by atoms with Gasteiger partial charge >= 0.3 is 0 Å². The molecule has 3 heteroatoms. The number of aromatic nitrogens is 2. The molecule has 0 saturated carbocycles. The van der Waals surface area contributed by atoms with E-state index in [9.17, 15) is 0 Å². The quantitative estimate of drug-likeness (QED) is 0.887.